The highest BCUT2D eigenvalue weighted by Crippen LogP contribution is 2.38. The number of nitrogens with zero attached hydrogens (tertiary/aromatic N) is 6. The Hall–Kier alpha value is -5.97. The highest BCUT2D eigenvalue weighted by Gasteiger charge is 2.24. The number of pyridine rings is 1. The number of rotatable bonds is 15. The van der Waals surface area contributed by atoms with Crippen LogP contribution in [-0.4, -0.2) is 90.6 Å². The molecular formula is C42H43F2N8O5S-. The molecule has 1 fully saturated rings. The van der Waals surface area contributed by atoms with Crippen LogP contribution in [0, 0.1) is 11.6 Å². The van der Waals surface area contributed by atoms with Crippen LogP contribution in [0.4, 0.5) is 31.8 Å². The van der Waals surface area contributed by atoms with Gasteiger partial charge in [0, 0.05) is 68.2 Å². The Morgan fingerprint density at radius 2 is 1.66 bits per heavy atom. The predicted octanol–water partition coefficient (Wildman–Crippen LogP) is 7.09. The number of aryl methyl sites for hydroxylation is 1. The standard InChI is InChI=1S/C42H44F2N8O5S/c1-4-27-25-33(36(57-6-3)26-34(27)51-20-18-50(19-21-51)22-23-58(54)55)47-42-45-16-15-32(46-42)40-38(48-37-12-7-8-17-52(37)40)28-13-14-35(56-5-2)29(24-28)41(53)49-39-30(43)10-9-11-31(39)44/h7-17,24-26H,4-6,18-23H2,1-3H3,(H,49,53)(H,54,55)(H,45,46,47)/p-1. The van der Waals surface area contributed by atoms with Gasteiger partial charge in [0.05, 0.1) is 41.5 Å². The second kappa shape index (κ2) is 18.1. The van der Waals surface area contributed by atoms with Gasteiger partial charge in [-0.05, 0) is 80.4 Å². The fraction of sp³-hybridized carbons (Fsp3) is 0.286. The van der Waals surface area contributed by atoms with Crippen molar-refractivity contribution in [1.82, 2.24) is 24.3 Å². The van der Waals surface area contributed by atoms with Gasteiger partial charge in [-0.2, -0.15) is 0 Å². The van der Waals surface area contributed by atoms with Gasteiger partial charge in [-0.15, -0.1) is 0 Å². The number of hydrogen-bond acceptors (Lipinski definition) is 11. The summed E-state index contributed by atoms with van der Waals surface area (Å²) in [4.78, 5) is 32.5. The second-order valence-electron chi connectivity index (χ2n) is 13.4. The minimum absolute atomic E-state index is 0.0625. The molecular weight excluding hydrogens is 767 g/mol. The lowest BCUT2D eigenvalue weighted by Gasteiger charge is -2.37. The van der Waals surface area contributed by atoms with Crippen molar-refractivity contribution in [3.05, 3.63) is 108 Å². The molecule has 1 saturated heterocycles. The zero-order valence-electron chi connectivity index (χ0n) is 32.3. The quantitative estimate of drug-likeness (QED) is 0.102. The molecule has 1 unspecified atom stereocenters. The SMILES string of the molecule is CCOc1cc(N2CCN(CCS(=O)[O-])CC2)c(CC)cc1Nc1nccc(-c2c(-c3ccc(OCC)c(C(=O)Nc4c(F)cccc4F)c3)nc3ccccn23)n1. The van der Waals surface area contributed by atoms with Crippen molar-refractivity contribution in [2.75, 3.05) is 67.2 Å². The third-order valence-corrected chi connectivity index (χ3v) is 10.3. The normalized spacial score (nSPS) is 13.7. The third kappa shape index (κ3) is 8.78. The summed E-state index contributed by atoms with van der Waals surface area (Å²) >= 11 is -2.06. The number of aromatic nitrogens is 4. The van der Waals surface area contributed by atoms with Crippen LogP contribution >= 0.6 is 0 Å². The van der Waals surface area contributed by atoms with Crippen molar-refractivity contribution >= 4 is 45.6 Å². The summed E-state index contributed by atoms with van der Waals surface area (Å²) in [6.45, 7) is 10.0. The molecule has 1 atom stereocenters. The number of benzene rings is 3. The molecule has 302 valence electrons. The van der Waals surface area contributed by atoms with Crippen LogP contribution in [0.2, 0.25) is 0 Å². The first-order valence-electron chi connectivity index (χ1n) is 19.1. The predicted molar refractivity (Wildman–Crippen MR) is 220 cm³/mol. The Kier molecular flexibility index (Phi) is 12.5. The Labute approximate surface area is 337 Å². The van der Waals surface area contributed by atoms with Crippen LogP contribution < -0.4 is 25.0 Å². The average molecular weight is 810 g/mol. The van der Waals surface area contributed by atoms with Gasteiger partial charge < -0.3 is 29.6 Å². The van der Waals surface area contributed by atoms with Crippen LogP contribution in [0.3, 0.4) is 0 Å². The number of hydrogen-bond donors (Lipinski definition) is 2. The summed E-state index contributed by atoms with van der Waals surface area (Å²) in [5.74, 6) is -1.26. The number of anilines is 4. The molecule has 13 nitrogen and oxygen atoms in total. The van der Waals surface area contributed by atoms with Crippen molar-refractivity contribution in [3.8, 4) is 34.1 Å². The van der Waals surface area contributed by atoms with Gasteiger partial charge in [0.15, 0.2) is 0 Å². The van der Waals surface area contributed by atoms with Crippen molar-refractivity contribution < 1.29 is 31.8 Å². The third-order valence-electron chi connectivity index (χ3n) is 9.82. The first kappa shape index (κ1) is 40.2. The van der Waals surface area contributed by atoms with E-state index in [1.807, 2.05) is 41.8 Å². The van der Waals surface area contributed by atoms with E-state index in [9.17, 15) is 22.3 Å². The summed E-state index contributed by atoms with van der Waals surface area (Å²) in [6, 6.07) is 19.8. The zero-order chi connectivity index (χ0) is 40.8. The van der Waals surface area contributed by atoms with Gasteiger partial charge in [-0.25, -0.2) is 23.7 Å². The number of ether oxygens (including phenoxy) is 2. The minimum atomic E-state index is -2.06. The van der Waals surface area contributed by atoms with Crippen molar-refractivity contribution in [2.45, 2.75) is 27.2 Å². The highest BCUT2D eigenvalue weighted by molar-refractivity contribution is 7.79. The van der Waals surface area contributed by atoms with E-state index in [1.165, 1.54) is 6.07 Å². The molecule has 1 amide bonds. The van der Waals surface area contributed by atoms with E-state index < -0.39 is 34.3 Å². The molecule has 6 aromatic rings. The Bertz CT molecular complexity index is 2440. The first-order chi connectivity index (χ1) is 28.2. The number of fused-ring (bicyclic) bond motifs is 1. The lowest BCUT2D eigenvalue weighted by molar-refractivity contribution is 0.102. The number of imidazole rings is 1. The second-order valence-corrected chi connectivity index (χ2v) is 14.4. The highest BCUT2D eigenvalue weighted by atomic mass is 32.2. The van der Waals surface area contributed by atoms with E-state index in [0.29, 0.717) is 58.8 Å². The van der Waals surface area contributed by atoms with Gasteiger partial charge in [-0.3, -0.25) is 18.3 Å². The van der Waals surface area contributed by atoms with Gasteiger partial charge in [0.25, 0.3) is 5.91 Å². The topological polar surface area (TPSA) is 149 Å². The fourth-order valence-corrected chi connectivity index (χ4v) is 7.43. The zero-order valence-corrected chi connectivity index (χ0v) is 33.2. The summed E-state index contributed by atoms with van der Waals surface area (Å²) < 4.78 is 65.1. The van der Waals surface area contributed by atoms with Crippen molar-refractivity contribution in [1.29, 1.82) is 0 Å². The summed E-state index contributed by atoms with van der Waals surface area (Å²) in [5, 5.41) is 5.76. The molecule has 58 heavy (non-hydrogen) atoms. The van der Waals surface area contributed by atoms with E-state index in [-0.39, 0.29) is 23.7 Å². The molecule has 7 rings (SSSR count). The monoisotopic (exact) mass is 809 g/mol. The number of nitrogens with one attached hydrogen (secondary N) is 2. The number of amides is 1. The number of para-hydroxylation sites is 1. The van der Waals surface area contributed by atoms with Crippen LogP contribution in [0.15, 0.2) is 85.2 Å². The van der Waals surface area contributed by atoms with Gasteiger partial charge in [0.2, 0.25) is 5.95 Å². The Morgan fingerprint density at radius 3 is 2.38 bits per heavy atom. The molecule has 16 heteroatoms. The fourth-order valence-electron chi connectivity index (χ4n) is 7.03. The van der Waals surface area contributed by atoms with E-state index in [2.05, 4.69) is 38.4 Å². The van der Waals surface area contributed by atoms with Gasteiger partial charge in [-0.1, -0.05) is 30.1 Å². The Morgan fingerprint density at radius 1 is 0.897 bits per heavy atom. The van der Waals surface area contributed by atoms with Crippen LogP contribution in [-0.2, 0) is 17.5 Å². The molecule has 0 radical (unpaired) electrons. The molecule has 0 spiro atoms. The van der Waals surface area contributed by atoms with Crippen LogP contribution in [0.1, 0.15) is 36.7 Å². The van der Waals surface area contributed by atoms with E-state index in [0.717, 1.165) is 56.0 Å². The van der Waals surface area contributed by atoms with Crippen LogP contribution in [0.5, 0.6) is 11.5 Å². The molecule has 0 saturated carbocycles. The van der Waals surface area contributed by atoms with E-state index in [1.54, 1.807) is 37.4 Å². The lowest BCUT2D eigenvalue weighted by Crippen LogP contribution is -2.47. The van der Waals surface area contributed by atoms with E-state index >= 15 is 0 Å². The number of piperazine rings is 1. The smallest absolute Gasteiger partial charge is 0.259 e. The number of halogens is 2. The van der Waals surface area contributed by atoms with E-state index in [4.69, 9.17) is 19.4 Å². The summed E-state index contributed by atoms with van der Waals surface area (Å²) in [5.41, 5.74) is 5.18. The minimum Gasteiger partial charge on any atom is -0.772 e. The maximum Gasteiger partial charge on any atom is 0.259 e. The first-order valence-corrected chi connectivity index (χ1v) is 20.3. The number of carbonyl (C=O) groups is 1. The maximum absolute atomic E-state index is 14.6. The molecule has 4 heterocycles. The molecule has 1 aliphatic rings. The van der Waals surface area contributed by atoms with Crippen molar-refractivity contribution in [3.63, 3.8) is 0 Å². The van der Waals surface area contributed by atoms with Crippen LogP contribution in [0.25, 0.3) is 28.3 Å². The van der Waals surface area contributed by atoms with Gasteiger partial charge in [0.1, 0.15) is 34.5 Å². The molecule has 1 aliphatic heterocycles. The molecule has 2 N–H and O–H groups in total. The summed E-state index contributed by atoms with van der Waals surface area (Å²) in [7, 11) is 0. The van der Waals surface area contributed by atoms with Crippen molar-refractivity contribution in [2.24, 2.45) is 0 Å². The largest absolute Gasteiger partial charge is 0.772 e. The Balaban J connectivity index is 1.22. The molecule has 3 aromatic carbocycles. The maximum atomic E-state index is 14.6. The average Bonchev–Trinajstić information content (AvgIpc) is 3.62. The molecule has 3 aromatic heterocycles. The lowest BCUT2D eigenvalue weighted by atomic mass is 10.0. The number of carbonyl (C=O) groups excluding carboxylic acids is 1. The van der Waals surface area contributed by atoms with Gasteiger partial charge >= 0.3 is 0 Å². The molecule has 0 bridgehead atoms. The molecule has 0 aliphatic carbocycles. The summed E-state index contributed by atoms with van der Waals surface area (Å²) in [6.07, 6.45) is 4.27.